The third kappa shape index (κ3) is 1.61. The van der Waals surface area contributed by atoms with Crippen molar-refractivity contribution in [2.75, 3.05) is 0 Å². The first-order valence-electron chi connectivity index (χ1n) is 3.07. The maximum atomic E-state index is 12.4. The van der Waals surface area contributed by atoms with Gasteiger partial charge in [0.05, 0.1) is 0 Å². The van der Waals surface area contributed by atoms with E-state index in [9.17, 15) is 13.6 Å². The predicted octanol–water partition coefficient (Wildman–Crippen LogP) is 2.11. The monoisotopic (exact) mass is 156 g/mol. The lowest BCUT2D eigenvalue weighted by atomic mass is 10.1. The molecule has 0 saturated heterocycles. The molecule has 0 fully saturated rings. The number of aldehydes is 1. The number of rotatable bonds is 2. The number of carbonyl (C=O) groups excluding carboxylic acids is 1. The van der Waals surface area contributed by atoms with Crippen LogP contribution >= 0.6 is 0 Å². The molecule has 1 nitrogen and oxygen atoms in total. The highest BCUT2D eigenvalue weighted by molar-refractivity contribution is 5.77. The molecule has 0 heterocycles. The van der Waals surface area contributed by atoms with E-state index in [-0.39, 0.29) is 11.1 Å². The van der Waals surface area contributed by atoms with Crippen LogP contribution in [0.3, 0.4) is 0 Å². The second kappa shape index (κ2) is 3.23. The first kappa shape index (κ1) is 7.85. The minimum atomic E-state index is -0.742. The molecule has 0 aliphatic heterocycles. The molecule has 0 unspecified atom stereocenters. The van der Waals surface area contributed by atoms with Gasteiger partial charge >= 0.3 is 0 Å². The van der Waals surface area contributed by atoms with Crippen LogP contribution in [-0.4, -0.2) is 6.29 Å². The summed E-state index contributed by atoms with van der Waals surface area (Å²) < 4.78 is 24.4. The number of benzene rings is 1. The van der Waals surface area contributed by atoms with Crippen molar-refractivity contribution in [2.24, 2.45) is 0 Å². The van der Waals surface area contributed by atoms with Crippen molar-refractivity contribution in [1.29, 1.82) is 0 Å². The van der Waals surface area contributed by atoms with Gasteiger partial charge < -0.3 is 0 Å². The van der Waals surface area contributed by atoms with Crippen molar-refractivity contribution in [3.8, 4) is 0 Å². The largest absolute Gasteiger partial charge is 0.298 e. The van der Waals surface area contributed by atoms with Gasteiger partial charge in [-0.15, -0.1) is 0 Å². The minimum absolute atomic E-state index is 0.0764. The SMILES string of the molecule is O=Cc1cc(F)ccc1CF. The van der Waals surface area contributed by atoms with E-state index < -0.39 is 12.5 Å². The topological polar surface area (TPSA) is 17.1 Å². The van der Waals surface area contributed by atoms with Gasteiger partial charge in [0, 0.05) is 5.56 Å². The molecular formula is C8H6F2O. The van der Waals surface area contributed by atoms with Crippen molar-refractivity contribution < 1.29 is 13.6 Å². The standard InChI is InChI=1S/C8H6F2O/c9-4-6-1-2-8(10)3-7(6)5-11/h1-3,5H,4H2. The Balaban J connectivity index is 3.16. The van der Waals surface area contributed by atoms with Crippen LogP contribution in [-0.2, 0) is 6.67 Å². The van der Waals surface area contributed by atoms with Crippen LogP contribution in [0.2, 0.25) is 0 Å². The second-order valence-corrected chi connectivity index (χ2v) is 2.09. The van der Waals surface area contributed by atoms with Crippen molar-refractivity contribution in [3.63, 3.8) is 0 Å². The lowest BCUT2D eigenvalue weighted by Crippen LogP contribution is -1.90. The molecule has 1 aromatic carbocycles. The summed E-state index contributed by atoms with van der Waals surface area (Å²) in [5, 5.41) is 0. The molecule has 0 N–H and O–H groups in total. The summed E-state index contributed by atoms with van der Waals surface area (Å²) in [5.41, 5.74) is 0.300. The molecule has 0 aliphatic carbocycles. The van der Waals surface area contributed by atoms with Crippen LogP contribution < -0.4 is 0 Å². The molecular weight excluding hydrogens is 150 g/mol. The lowest BCUT2D eigenvalue weighted by Gasteiger charge is -1.97. The quantitative estimate of drug-likeness (QED) is 0.599. The van der Waals surface area contributed by atoms with Gasteiger partial charge in [-0.05, 0) is 17.7 Å². The van der Waals surface area contributed by atoms with Gasteiger partial charge in [-0.3, -0.25) is 4.79 Å². The van der Waals surface area contributed by atoms with E-state index in [4.69, 9.17) is 0 Å². The number of hydrogen-bond donors (Lipinski definition) is 0. The minimum Gasteiger partial charge on any atom is -0.298 e. The summed E-state index contributed by atoms with van der Waals surface area (Å²) in [4.78, 5) is 10.2. The summed E-state index contributed by atoms with van der Waals surface area (Å²) in [6.45, 7) is -0.742. The van der Waals surface area contributed by atoms with Crippen LogP contribution in [0, 0.1) is 5.82 Å². The van der Waals surface area contributed by atoms with Crippen LogP contribution in [0.15, 0.2) is 18.2 Å². The van der Waals surface area contributed by atoms with Crippen LogP contribution in [0.25, 0.3) is 0 Å². The Morgan fingerprint density at radius 1 is 1.45 bits per heavy atom. The van der Waals surface area contributed by atoms with E-state index >= 15 is 0 Å². The molecule has 0 amide bonds. The lowest BCUT2D eigenvalue weighted by molar-refractivity contribution is 0.112. The zero-order chi connectivity index (χ0) is 8.27. The van der Waals surface area contributed by atoms with E-state index in [0.29, 0.717) is 6.29 Å². The van der Waals surface area contributed by atoms with Crippen LogP contribution in [0.5, 0.6) is 0 Å². The molecule has 11 heavy (non-hydrogen) atoms. The Morgan fingerprint density at radius 2 is 2.18 bits per heavy atom. The molecule has 0 saturated carbocycles. The molecule has 1 rings (SSSR count). The zero-order valence-electron chi connectivity index (χ0n) is 5.68. The molecule has 0 radical (unpaired) electrons. The highest BCUT2D eigenvalue weighted by atomic mass is 19.1. The van der Waals surface area contributed by atoms with Gasteiger partial charge in [-0.2, -0.15) is 0 Å². The van der Waals surface area contributed by atoms with Crippen molar-refractivity contribution in [3.05, 3.63) is 35.1 Å². The summed E-state index contributed by atoms with van der Waals surface area (Å²) in [6.07, 6.45) is 0.442. The molecule has 0 aromatic heterocycles. The first-order chi connectivity index (χ1) is 5.27. The maximum Gasteiger partial charge on any atom is 0.150 e. The zero-order valence-corrected chi connectivity index (χ0v) is 5.68. The fourth-order valence-electron chi connectivity index (χ4n) is 0.797. The van der Waals surface area contributed by atoms with Crippen molar-refractivity contribution in [1.82, 2.24) is 0 Å². The Morgan fingerprint density at radius 3 is 2.73 bits per heavy atom. The van der Waals surface area contributed by atoms with E-state index in [2.05, 4.69) is 0 Å². The predicted molar refractivity (Wildman–Crippen MR) is 36.6 cm³/mol. The average Bonchev–Trinajstić information content (AvgIpc) is 2.04. The van der Waals surface area contributed by atoms with Gasteiger partial charge in [0.1, 0.15) is 12.5 Å². The molecule has 3 heteroatoms. The van der Waals surface area contributed by atoms with Gasteiger partial charge in [0.25, 0.3) is 0 Å². The highest BCUT2D eigenvalue weighted by Crippen LogP contribution is 2.09. The number of alkyl halides is 1. The fraction of sp³-hybridized carbons (Fsp3) is 0.125. The molecule has 0 aliphatic rings. The van der Waals surface area contributed by atoms with Gasteiger partial charge in [-0.25, -0.2) is 8.78 Å². The second-order valence-electron chi connectivity index (χ2n) is 2.09. The summed E-state index contributed by atoms with van der Waals surface area (Å²) in [6, 6.07) is 3.41. The Bertz CT molecular complexity index is 271. The molecule has 0 atom stereocenters. The third-order valence-electron chi connectivity index (χ3n) is 1.38. The Kier molecular flexibility index (Phi) is 2.31. The van der Waals surface area contributed by atoms with Gasteiger partial charge in [0.2, 0.25) is 0 Å². The molecule has 58 valence electrons. The first-order valence-corrected chi connectivity index (χ1v) is 3.07. The smallest absolute Gasteiger partial charge is 0.150 e. The summed E-state index contributed by atoms with van der Waals surface area (Å²) >= 11 is 0. The maximum absolute atomic E-state index is 12.4. The molecule has 1 aromatic rings. The molecule has 0 bridgehead atoms. The average molecular weight is 156 g/mol. The number of carbonyl (C=O) groups is 1. The summed E-state index contributed by atoms with van der Waals surface area (Å²) in [7, 11) is 0. The summed E-state index contributed by atoms with van der Waals surface area (Å²) in [5.74, 6) is -0.524. The number of halogens is 2. The van der Waals surface area contributed by atoms with Crippen LogP contribution in [0.4, 0.5) is 8.78 Å². The Hall–Kier alpha value is -1.25. The van der Waals surface area contributed by atoms with E-state index in [1.165, 1.54) is 6.07 Å². The molecule has 0 spiro atoms. The normalized spacial score (nSPS) is 9.64. The Labute approximate surface area is 62.7 Å². The van der Waals surface area contributed by atoms with Crippen molar-refractivity contribution >= 4 is 6.29 Å². The van der Waals surface area contributed by atoms with E-state index in [0.717, 1.165) is 12.1 Å². The van der Waals surface area contributed by atoms with Crippen LogP contribution in [0.1, 0.15) is 15.9 Å². The van der Waals surface area contributed by atoms with E-state index in [1.807, 2.05) is 0 Å². The van der Waals surface area contributed by atoms with E-state index in [1.54, 1.807) is 0 Å². The highest BCUT2D eigenvalue weighted by Gasteiger charge is 2.01. The van der Waals surface area contributed by atoms with Crippen molar-refractivity contribution in [2.45, 2.75) is 6.67 Å². The fourth-order valence-corrected chi connectivity index (χ4v) is 0.797. The van der Waals surface area contributed by atoms with Gasteiger partial charge in [-0.1, -0.05) is 6.07 Å². The van der Waals surface area contributed by atoms with Gasteiger partial charge in [0.15, 0.2) is 6.29 Å². The third-order valence-corrected chi connectivity index (χ3v) is 1.38. The number of hydrogen-bond acceptors (Lipinski definition) is 1.